The van der Waals surface area contributed by atoms with Crippen LogP contribution >= 0.6 is 15.9 Å². The fourth-order valence-corrected chi connectivity index (χ4v) is 2.58. The van der Waals surface area contributed by atoms with Crippen LogP contribution in [0.15, 0.2) is 53.3 Å². The third-order valence-electron chi connectivity index (χ3n) is 3.15. The van der Waals surface area contributed by atoms with Gasteiger partial charge in [-0.25, -0.2) is 0 Å². The van der Waals surface area contributed by atoms with E-state index in [9.17, 15) is 4.79 Å². The number of halogens is 1. The number of aromatic nitrogens is 1. The molecule has 0 saturated heterocycles. The summed E-state index contributed by atoms with van der Waals surface area (Å²) in [5.74, 6) is -0.0299. The summed E-state index contributed by atoms with van der Waals surface area (Å²) in [6.07, 6.45) is 3.46. The minimum absolute atomic E-state index is 0.0299. The van der Waals surface area contributed by atoms with Gasteiger partial charge in [-0.15, -0.1) is 0 Å². The van der Waals surface area contributed by atoms with Crippen molar-refractivity contribution in [2.24, 2.45) is 0 Å². The summed E-state index contributed by atoms with van der Waals surface area (Å²) in [5.41, 5.74) is 2.13. The lowest BCUT2D eigenvalue weighted by molar-refractivity contribution is -0.120. The normalized spacial score (nSPS) is 11.9. The Labute approximate surface area is 133 Å². The summed E-state index contributed by atoms with van der Waals surface area (Å²) < 4.78 is 1.04. The first kappa shape index (κ1) is 15.7. The third-order valence-corrected chi connectivity index (χ3v) is 3.88. The van der Waals surface area contributed by atoms with Gasteiger partial charge in [0.25, 0.3) is 0 Å². The number of hydrogen-bond donors (Lipinski definition) is 2. The monoisotopic (exact) mass is 347 g/mol. The molecule has 110 valence electrons. The molecule has 1 aromatic carbocycles. The summed E-state index contributed by atoms with van der Waals surface area (Å²) in [6, 6.07) is 11.9. The number of hydrogen-bond acceptors (Lipinski definition) is 3. The highest BCUT2D eigenvalue weighted by atomic mass is 79.9. The number of rotatable bonds is 6. The zero-order valence-electron chi connectivity index (χ0n) is 11.8. The maximum atomic E-state index is 11.8. The fraction of sp³-hybridized carbons (Fsp3) is 0.250. The van der Waals surface area contributed by atoms with Gasteiger partial charge in [-0.2, -0.15) is 0 Å². The van der Waals surface area contributed by atoms with Crippen molar-refractivity contribution in [3.8, 4) is 0 Å². The van der Waals surface area contributed by atoms with Gasteiger partial charge in [-0.3, -0.25) is 9.78 Å². The number of carbonyl (C=O) groups excluding carboxylic acids is 1. The van der Waals surface area contributed by atoms with Crippen molar-refractivity contribution in [2.75, 3.05) is 6.54 Å². The van der Waals surface area contributed by atoms with Gasteiger partial charge >= 0.3 is 0 Å². The average molecular weight is 348 g/mol. The Bertz CT molecular complexity index is 589. The zero-order valence-corrected chi connectivity index (χ0v) is 13.4. The van der Waals surface area contributed by atoms with E-state index in [2.05, 4.69) is 31.5 Å². The second kappa shape index (κ2) is 7.90. The van der Waals surface area contributed by atoms with Gasteiger partial charge < -0.3 is 10.6 Å². The van der Waals surface area contributed by atoms with Crippen LogP contribution in [-0.2, 0) is 11.3 Å². The van der Waals surface area contributed by atoms with Crippen molar-refractivity contribution in [1.29, 1.82) is 0 Å². The summed E-state index contributed by atoms with van der Waals surface area (Å²) in [5, 5.41) is 6.09. The van der Waals surface area contributed by atoms with Crippen molar-refractivity contribution in [2.45, 2.75) is 19.5 Å². The molecule has 0 aliphatic rings. The molecule has 0 aliphatic carbocycles. The molecular weight excluding hydrogens is 330 g/mol. The van der Waals surface area contributed by atoms with Crippen LogP contribution in [0.5, 0.6) is 0 Å². The van der Waals surface area contributed by atoms with Gasteiger partial charge in [0.15, 0.2) is 0 Å². The molecule has 2 rings (SSSR count). The van der Waals surface area contributed by atoms with Gasteiger partial charge in [0.2, 0.25) is 5.91 Å². The zero-order chi connectivity index (χ0) is 15.1. The maximum absolute atomic E-state index is 11.8. The summed E-state index contributed by atoms with van der Waals surface area (Å²) in [4.78, 5) is 15.8. The summed E-state index contributed by atoms with van der Waals surface area (Å²) in [6.45, 7) is 2.81. The van der Waals surface area contributed by atoms with E-state index in [0.29, 0.717) is 6.54 Å². The number of benzene rings is 1. The van der Waals surface area contributed by atoms with Crippen molar-refractivity contribution in [3.63, 3.8) is 0 Å². The van der Waals surface area contributed by atoms with Crippen LogP contribution in [0.3, 0.4) is 0 Å². The molecule has 0 fully saturated rings. The van der Waals surface area contributed by atoms with E-state index in [1.807, 2.05) is 43.3 Å². The van der Waals surface area contributed by atoms with Crippen LogP contribution in [0.2, 0.25) is 0 Å². The minimum Gasteiger partial charge on any atom is -0.351 e. The molecule has 0 radical (unpaired) electrons. The first-order valence-corrected chi connectivity index (χ1v) is 7.59. The molecule has 5 heteroatoms. The van der Waals surface area contributed by atoms with Crippen molar-refractivity contribution in [1.82, 2.24) is 15.6 Å². The lowest BCUT2D eigenvalue weighted by atomic mass is 10.1. The lowest BCUT2D eigenvalue weighted by Gasteiger charge is -2.15. The van der Waals surface area contributed by atoms with Gasteiger partial charge in [0.05, 0.1) is 6.54 Å². The molecule has 0 spiro atoms. The number of pyridine rings is 1. The van der Waals surface area contributed by atoms with Crippen LogP contribution in [0.4, 0.5) is 0 Å². The average Bonchev–Trinajstić information content (AvgIpc) is 2.52. The largest absolute Gasteiger partial charge is 0.351 e. The molecule has 2 N–H and O–H groups in total. The molecule has 2 aromatic rings. The van der Waals surface area contributed by atoms with Crippen LogP contribution in [0, 0.1) is 0 Å². The lowest BCUT2D eigenvalue weighted by Crippen LogP contribution is -2.34. The van der Waals surface area contributed by atoms with Gasteiger partial charge in [0, 0.05) is 29.5 Å². The molecule has 1 aromatic heterocycles. The van der Waals surface area contributed by atoms with Crippen molar-refractivity contribution >= 4 is 21.8 Å². The van der Waals surface area contributed by atoms with Crippen LogP contribution < -0.4 is 10.6 Å². The Morgan fingerprint density at radius 3 is 2.81 bits per heavy atom. The van der Waals surface area contributed by atoms with E-state index in [0.717, 1.165) is 15.6 Å². The third kappa shape index (κ3) is 4.95. The Kier molecular flexibility index (Phi) is 5.90. The van der Waals surface area contributed by atoms with Gasteiger partial charge in [-0.1, -0.05) is 40.2 Å². The first-order valence-electron chi connectivity index (χ1n) is 6.80. The summed E-state index contributed by atoms with van der Waals surface area (Å²) >= 11 is 3.52. The fourth-order valence-electron chi connectivity index (χ4n) is 1.95. The number of carbonyl (C=O) groups is 1. The standard InChI is InChI=1S/C16H18BrN3O/c1-12(14-6-2-3-7-15(14)17)19-11-16(21)20-10-13-5-4-8-18-9-13/h2-9,12,19H,10-11H2,1H3,(H,20,21). The number of nitrogens with one attached hydrogen (secondary N) is 2. The molecule has 4 nitrogen and oxygen atoms in total. The highest BCUT2D eigenvalue weighted by Crippen LogP contribution is 2.22. The van der Waals surface area contributed by atoms with Crippen LogP contribution in [0.1, 0.15) is 24.1 Å². The Balaban J connectivity index is 1.77. The second-order valence-electron chi connectivity index (χ2n) is 4.76. The van der Waals surface area contributed by atoms with Gasteiger partial charge in [-0.05, 0) is 30.2 Å². The van der Waals surface area contributed by atoms with E-state index >= 15 is 0 Å². The topological polar surface area (TPSA) is 54.0 Å². The highest BCUT2D eigenvalue weighted by Gasteiger charge is 2.10. The van der Waals surface area contributed by atoms with E-state index < -0.39 is 0 Å². The van der Waals surface area contributed by atoms with Crippen molar-refractivity contribution in [3.05, 3.63) is 64.4 Å². The molecule has 0 aliphatic heterocycles. The molecule has 1 atom stereocenters. The Morgan fingerprint density at radius 2 is 2.10 bits per heavy atom. The smallest absolute Gasteiger partial charge is 0.234 e. The predicted octanol–water partition coefficient (Wildman–Crippen LogP) is 2.81. The SMILES string of the molecule is CC(NCC(=O)NCc1cccnc1)c1ccccc1Br. The number of nitrogens with zero attached hydrogens (tertiary/aromatic N) is 1. The molecule has 21 heavy (non-hydrogen) atoms. The van der Waals surface area contributed by atoms with Crippen molar-refractivity contribution < 1.29 is 4.79 Å². The van der Waals surface area contributed by atoms with E-state index in [1.165, 1.54) is 0 Å². The molecule has 1 unspecified atom stereocenters. The van der Waals surface area contributed by atoms with E-state index in [1.54, 1.807) is 12.4 Å². The summed E-state index contributed by atoms with van der Waals surface area (Å²) in [7, 11) is 0. The first-order chi connectivity index (χ1) is 10.2. The van der Waals surface area contributed by atoms with Crippen LogP contribution in [0.25, 0.3) is 0 Å². The van der Waals surface area contributed by atoms with Crippen LogP contribution in [-0.4, -0.2) is 17.4 Å². The Hall–Kier alpha value is -1.72. The highest BCUT2D eigenvalue weighted by molar-refractivity contribution is 9.10. The molecule has 0 bridgehead atoms. The van der Waals surface area contributed by atoms with E-state index in [-0.39, 0.29) is 18.5 Å². The minimum atomic E-state index is -0.0299. The number of amides is 1. The molecule has 0 saturated carbocycles. The van der Waals surface area contributed by atoms with Gasteiger partial charge in [0.1, 0.15) is 0 Å². The molecular formula is C16H18BrN3O. The predicted molar refractivity (Wildman–Crippen MR) is 86.6 cm³/mol. The quantitative estimate of drug-likeness (QED) is 0.844. The maximum Gasteiger partial charge on any atom is 0.234 e. The van der Waals surface area contributed by atoms with E-state index in [4.69, 9.17) is 0 Å². The second-order valence-corrected chi connectivity index (χ2v) is 5.62. The molecule has 1 heterocycles. The Morgan fingerprint density at radius 1 is 1.29 bits per heavy atom. The molecule has 1 amide bonds.